The molecule has 3 aliphatic rings. The van der Waals surface area contributed by atoms with Gasteiger partial charge in [-0.2, -0.15) is 0 Å². The second-order valence-electron chi connectivity index (χ2n) is 9.37. The summed E-state index contributed by atoms with van der Waals surface area (Å²) in [6.45, 7) is 0. The Hall–Kier alpha value is -4.48. The van der Waals surface area contributed by atoms with Crippen molar-refractivity contribution < 1.29 is 33.7 Å². The van der Waals surface area contributed by atoms with Gasteiger partial charge in [0.2, 0.25) is 0 Å². The first-order valence-corrected chi connectivity index (χ1v) is 17.0. The quantitative estimate of drug-likeness (QED) is 0.248. The number of nitrogens with zero attached hydrogens (tertiary/aromatic N) is 6. The van der Waals surface area contributed by atoms with Gasteiger partial charge in [-0.05, 0) is 0 Å². The van der Waals surface area contributed by atoms with Gasteiger partial charge in [0, 0.05) is 0 Å². The van der Waals surface area contributed by atoms with E-state index in [-0.39, 0.29) is 0 Å². The van der Waals surface area contributed by atoms with E-state index in [0.717, 1.165) is 0 Å². The van der Waals surface area contributed by atoms with Crippen LogP contribution in [0.2, 0.25) is 0 Å². The Morgan fingerprint density at radius 2 is 0.459 bits per heavy atom. The Kier molecular flexibility index (Phi) is 3.14. The predicted molar refractivity (Wildman–Crippen MR) is 129 cm³/mol. The van der Waals surface area contributed by atoms with Crippen molar-refractivity contribution in [3.63, 3.8) is 0 Å². The number of rotatable bonds is 0. The second kappa shape index (κ2) is 5.91. The Balaban J connectivity index is 1.81. The van der Waals surface area contributed by atoms with Crippen molar-refractivity contribution in [1.82, 2.24) is 0 Å². The molecule has 0 radical (unpaired) electrons. The van der Waals surface area contributed by atoms with Crippen LogP contribution in [0.3, 0.4) is 0 Å². The molecule has 9 heterocycles. The fraction of sp³-hybridized carbons (Fsp3) is 0. The minimum atomic E-state index is -5.59. The molecule has 0 aromatic carbocycles. The van der Waals surface area contributed by atoms with Crippen molar-refractivity contribution in [3.8, 4) is 34.2 Å². The van der Waals surface area contributed by atoms with Gasteiger partial charge in [-0.15, -0.1) is 0 Å². The summed E-state index contributed by atoms with van der Waals surface area (Å²) < 4.78 is 15.7. The molecule has 7 heteroatoms. The number of aromatic nitrogens is 6. The summed E-state index contributed by atoms with van der Waals surface area (Å²) in [5.74, 6) is 0. The molecule has 37 heavy (non-hydrogen) atoms. The van der Waals surface area contributed by atoms with Gasteiger partial charge in [-0.1, -0.05) is 0 Å². The molecule has 6 nitrogen and oxygen atoms in total. The van der Waals surface area contributed by atoms with Gasteiger partial charge in [0.25, 0.3) is 0 Å². The molecule has 6 aromatic rings. The van der Waals surface area contributed by atoms with Gasteiger partial charge in [0.05, 0.1) is 0 Å². The van der Waals surface area contributed by atoms with Crippen LogP contribution in [0.4, 0.5) is 0 Å². The number of hydrogen-bond acceptors (Lipinski definition) is 0. The van der Waals surface area contributed by atoms with Gasteiger partial charge in [0.1, 0.15) is 0 Å². The van der Waals surface area contributed by atoms with E-state index in [1.807, 2.05) is 0 Å². The van der Waals surface area contributed by atoms with Gasteiger partial charge < -0.3 is 0 Å². The first kappa shape index (κ1) is 19.7. The molecule has 176 valence electrons. The van der Waals surface area contributed by atoms with Crippen LogP contribution >= 0.6 is 0 Å². The summed E-state index contributed by atoms with van der Waals surface area (Å²) in [5.41, 5.74) is 7.09. The molecule has 0 bridgehead atoms. The Morgan fingerprint density at radius 3 is 0.649 bits per heavy atom. The standard InChI is InChI=1S/3C10H8N2.Ru/c3*1-3-7-11-9(5-1)10-6-2-4-8-12-10;/h3*1-8H;/q;;;+6. The number of hydrogen-bond donors (Lipinski definition) is 0. The van der Waals surface area contributed by atoms with Crippen LogP contribution in [0.5, 0.6) is 0 Å². The van der Waals surface area contributed by atoms with E-state index in [4.69, 9.17) is 0 Å². The van der Waals surface area contributed by atoms with Crippen molar-refractivity contribution in [3.05, 3.63) is 146 Å². The molecule has 0 saturated carbocycles. The topological polar surface area (TPSA) is 23.3 Å². The van der Waals surface area contributed by atoms with Crippen LogP contribution in [0.25, 0.3) is 34.2 Å². The van der Waals surface area contributed by atoms with Crippen molar-refractivity contribution in [2.75, 3.05) is 0 Å². The minimum absolute atomic E-state index is 1.18. The van der Waals surface area contributed by atoms with Crippen molar-refractivity contribution in [2.45, 2.75) is 0 Å². The van der Waals surface area contributed by atoms with Gasteiger partial charge >= 0.3 is 214 Å². The maximum absolute atomic E-state index is 5.59. The van der Waals surface area contributed by atoms with Crippen LogP contribution in [0, 0.1) is 0 Å². The average molecular weight is 570 g/mol. The molecule has 9 rings (SSSR count). The molecule has 0 amide bonds. The molecule has 0 N–H and O–H groups in total. The maximum atomic E-state index is 2.61. The molecule has 0 atom stereocenters. The fourth-order valence-corrected chi connectivity index (χ4v) is 24.8. The summed E-state index contributed by atoms with van der Waals surface area (Å²) in [4.78, 5) is 0. The third-order valence-electron chi connectivity index (χ3n) is 7.89. The predicted octanol–water partition coefficient (Wildman–Crippen LogP) is 1.66. The Labute approximate surface area is 213 Å². The molecule has 0 unspecified atom stereocenters. The van der Waals surface area contributed by atoms with Gasteiger partial charge in [0.15, 0.2) is 0 Å². The van der Waals surface area contributed by atoms with E-state index in [1.54, 1.807) is 0 Å². The van der Waals surface area contributed by atoms with Gasteiger partial charge in [-0.3, -0.25) is 0 Å². The zero-order valence-electron chi connectivity index (χ0n) is 19.9. The summed E-state index contributed by atoms with van der Waals surface area (Å²) in [6.07, 6.45) is 13.7. The molecule has 1 spiro atoms. The monoisotopic (exact) mass is 570 g/mol. The summed E-state index contributed by atoms with van der Waals surface area (Å²) in [5, 5.41) is 0. The Bertz CT molecular complexity index is 1630. The van der Waals surface area contributed by atoms with Gasteiger partial charge in [-0.25, -0.2) is 0 Å². The van der Waals surface area contributed by atoms with E-state index >= 15 is 0 Å². The molecule has 6 aromatic heterocycles. The SMILES string of the molecule is c1cc[n+]2c(c1)-c1cccc[n+]1[Ru]213([n+]2ccccc2-c2cccc[n+]21)[n+]1ccccc1-c1cccc[n+]13. The molecular formula is C30H24N6Ru+6. The first-order valence-electron chi connectivity index (χ1n) is 12.3. The van der Waals surface area contributed by atoms with Crippen LogP contribution in [-0.2, 0) is 13.9 Å². The molecule has 0 fully saturated rings. The van der Waals surface area contributed by atoms with E-state index in [2.05, 4.69) is 166 Å². The van der Waals surface area contributed by atoms with Crippen LogP contribution in [0.15, 0.2) is 146 Å². The number of fused-ring (bicyclic) bond motifs is 9. The van der Waals surface area contributed by atoms with Crippen LogP contribution < -0.4 is 19.9 Å². The van der Waals surface area contributed by atoms with E-state index in [9.17, 15) is 0 Å². The summed E-state index contributed by atoms with van der Waals surface area (Å²) in [6, 6.07) is 39.5. The zero-order valence-corrected chi connectivity index (χ0v) is 21.6. The summed E-state index contributed by atoms with van der Waals surface area (Å²) in [7, 11) is 0. The van der Waals surface area contributed by atoms with E-state index in [1.165, 1.54) is 34.2 Å². The molecule has 0 saturated heterocycles. The average Bonchev–Trinajstić information content (AvgIpc) is 3.50. The fourth-order valence-electron chi connectivity index (χ4n) is 6.75. The van der Waals surface area contributed by atoms with Crippen molar-refractivity contribution >= 4 is 0 Å². The van der Waals surface area contributed by atoms with E-state index < -0.39 is 13.9 Å². The second-order valence-corrected chi connectivity index (χ2v) is 19.6. The van der Waals surface area contributed by atoms with Crippen molar-refractivity contribution in [1.29, 1.82) is 0 Å². The number of pyridine rings is 6. The van der Waals surface area contributed by atoms with Crippen molar-refractivity contribution in [2.24, 2.45) is 0 Å². The van der Waals surface area contributed by atoms with Crippen LogP contribution in [0.1, 0.15) is 0 Å². The normalized spacial score (nSPS) is 18.8. The molecular weight excluding hydrogens is 545 g/mol. The third kappa shape index (κ3) is 1.54. The van der Waals surface area contributed by atoms with E-state index in [0.29, 0.717) is 0 Å². The van der Waals surface area contributed by atoms with Crippen LogP contribution in [-0.4, -0.2) is 0 Å². The zero-order chi connectivity index (χ0) is 24.3. The third-order valence-corrected chi connectivity index (χ3v) is 23.2. The Morgan fingerprint density at radius 1 is 0.270 bits per heavy atom. The first-order chi connectivity index (χ1) is 18.3. The molecule has 3 aliphatic heterocycles. The molecule has 0 aliphatic carbocycles. The summed E-state index contributed by atoms with van der Waals surface area (Å²) >= 11 is -5.59.